The van der Waals surface area contributed by atoms with Gasteiger partial charge in [-0.2, -0.15) is 0 Å². The molecule has 1 saturated heterocycles. The van der Waals surface area contributed by atoms with Gasteiger partial charge in [-0.3, -0.25) is 14.2 Å². The molecule has 0 saturated carbocycles. The van der Waals surface area contributed by atoms with Gasteiger partial charge in [-0.15, -0.1) is 10.2 Å². The van der Waals surface area contributed by atoms with Crippen molar-refractivity contribution in [3.05, 3.63) is 65.5 Å². The molecule has 34 heavy (non-hydrogen) atoms. The second-order valence-corrected chi connectivity index (χ2v) is 8.78. The molecule has 176 valence electrons. The molecule has 3 aromatic rings. The maximum Gasteiger partial charge on any atom is 0.228 e. The third kappa shape index (κ3) is 4.79. The number of amides is 2. The average molecular weight is 461 g/mol. The van der Waals surface area contributed by atoms with E-state index < -0.39 is 0 Å². The molecule has 1 unspecified atom stereocenters. The van der Waals surface area contributed by atoms with Crippen LogP contribution in [0.4, 0.5) is 17.3 Å². The van der Waals surface area contributed by atoms with E-state index in [1.54, 1.807) is 6.07 Å². The normalized spacial score (nSPS) is 16.1. The van der Waals surface area contributed by atoms with Crippen molar-refractivity contribution < 1.29 is 14.3 Å². The number of benzene rings is 2. The van der Waals surface area contributed by atoms with Crippen LogP contribution in [0.3, 0.4) is 0 Å². The number of nitrogens with zero attached hydrogens (tertiary/aromatic N) is 4. The molecule has 1 atom stereocenters. The van der Waals surface area contributed by atoms with Crippen LogP contribution in [-0.4, -0.2) is 52.9 Å². The second kappa shape index (κ2) is 9.64. The summed E-state index contributed by atoms with van der Waals surface area (Å²) in [7, 11) is 0. The molecule has 2 amide bonds. The number of aromatic nitrogens is 3. The summed E-state index contributed by atoms with van der Waals surface area (Å²) in [6.07, 6.45) is 0.834. The van der Waals surface area contributed by atoms with E-state index in [0.29, 0.717) is 38.3 Å². The van der Waals surface area contributed by atoms with Gasteiger partial charge in [0, 0.05) is 36.8 Å². The van der Waals surface area contributed by atoms with Gasteiger partial charge in [0.2, 0.25) is 17.8 Å². The molecule has 9 heteroatoms. The number of hydrogen-bond donors (Lipinski definition) is 2. The number of anilines is 3. The lowest BCUT2D eigenvalue weighted by atomic mass is 10.1. The van der Waals surface area contributed by atoms with E-state index in [1.165, 1.54) is 0 Å². The molecule has 2 N–H and O–H groups in total. The Hall–Kier alpha value is -3.72. The van der Waals surface area contributed by atoms with Gasteiger partial charge >= 0.3 is 0 Å². The standard InChI is InChI=1S/C25H28N6O3/c1-17(24(33)26-20-8-7-19-14-23(32)27-21(19)15-20)13-22-28-29-25(30-9-11-34-12-10-30)31(22)16-18-5-3-2-4-6-18/h2-8,15,17H,9-14,16H2,1H3,(H,26,33)(H,27,32). The Balaban J connectivity index is 1.32. The Morgan fingerprint density at radius 2 is 1.94 bits per heavy atom. The number of morpholine rings is 1. The van der Waals surface area contributed by atoms with Gasteiger partial charge < -0.3 is 20.3 Å². The molecule has 2 aromatic carbocycles. The maximum atomic E-state index is 13.0. The van der Waals surface area contributed by atoms with Gasteiger partial charge in [0.05, 0.1) is 26.2 Å². The summed E-state index contributed by atoms with van der Waals surface area (Å²) in [5.41, 5.74) is 3.52. The Morgan fingerprint density at radius 1 is 1.15 bits per heavy atom. The Labute approximate surface area is 198 Å². The van der Waals surface area contributed by atoms with Crippen molar-refractivity contribution in [1.82, 2.24) is 14.8 Å². The first-order chi connectivity index (χ1) is 16.6. The van der Waals surface area contributed by atoms with E-state index >= 15 is 0 Å². The number of hydrogen-bond acceptors (Lipinski definition) is 6. The highest BCUT2D eigenvalue weighted by Crippen LogP contribution is 2.27. The summed E-state index contributed by atoms with van der Waals surface area (Å²) in [5.74, 6) is 1.13. The van der Waals surface area contributed by atoms with E-state index in [9.17, 15) is 9.59 Å². The third-order valence-electron chi connectivity index (χ3n) is 6.22. The molecule has 0 radical (unpaired) electrons. The topological polar surface area (TPSA) is 101 Å². The van der Waals surface area contributed by atoms with Gasteiger partial charge in [0.1, 0.15) is 5.82 Å². The first kappa shape index (κ1) is 22.1. The van der Waals surface area contributed by atoms with Crippen molar-refractivity contribution in [2.24, 2.45) is 5.92 Å². The van der Waals surface area contributed by atoms with Crippen molar-refractivity contribution in [3.8, 4) is 0 Å². The molecule has 0 spiro atoms. The number of ether oxygens (including phenoxy) is 1. The predicted octanol–water partition coefficient (Wildman–Crippen LogP) is 2.47. The average Bonchev–Trinajstić information content (AvgIpc) is 3.42. The largest absolute Gasteiger partial charge is 0.378 e. The quantitative estimate of drug-likeness (QED) is 0.562. The summed E-state index contributed by atoms with van der Waals surface area (Å²) in [4.78, 5) is 26.8. The SMILES string of the molecule is CC(Cc1nnc(N2CCOCC2)n1Cc1ccccc1)C(=O)Nc1ccc2c(c1)NC(=O)C2. The van der Waals surface area contributed by atoms with E-state index in [2.05, 4.69) is 42.4 Å². The van der Waals surface area contributed by atoms with Gasteiger partial charge in [0.25, 0.3) is 0 Å². The van der Waals surface area contributed by atoms with Gasteiger partial charge in [-0.05, 0) is 23.3 Å². The zero-order valence-electron chi connectivity index (χ0n) is 19.2. The minimum Gasteiger partial charge on any atom is -0.378 e. The molecule has 0 bridgehead atoms. The monoisotopic (exact) mass is 460 g/mol. The zero-order chi connectivity index (χ0) is 23.5. The zero-order valence-corrected chi connectivity index (χ0v) is 19.2. The first-order valence-corrected chi connectivity index (χ1v) is 11.6. The molecular weight excluding hydrogens is 432 g/mol. The summed E-state index contributed by atoms with van der Waals surface area (Å²) < 4.78 is 7.60. The summed E-state index contributed by atoms with van der Waals surface area (Å²) in [5, 5.41) is 14.8. The summed E-state index contributed by atoms with van der Waals surface area (Å²) in [6.45, 7) is 5.37. The predicted molar refractivity (Wildman–Crippen MR) is 129 cm³/mol. The van der Waals surface area contributed by atoms with Crippen LogP contribution in [0.25, 0.3) is 0 Å². The maximum absolute atomic E-state index is 13.0. The number of fused-ring (bicyclic) bond motifs is 1. The molecule has 0 aliphatic carbocycles. The fourth-order valence-corrected chi connectivity index (χ4v) is 4.33. The molecule has 2 aliphatic heterocycles. The van der Waals surface area contributed by atoms with Crippen LogP contribution in [-0.2, 0) is 33.7 Å². The smallest absolute Gasteiger partial charge is 0.228 e. The number of rotatable bonds is 7. The number of nitrogens with one attached hydrogen (secondary N) is 2. The first-order valence-electron chi connectivity index (χ1n) is 11.6. The van der Waals surface area contributed by atoms with Crippen LogP contribution < -0.4 is 15.5 Å². The van der Waals surface area contributed by atoms with E-state index in [0.717, 1.165) is 41.7 Å². The molecule has 3 heterocycles. The van der Waals surface area contributed by atoms with Crippen LogP contribution >= 0.6 is 0 Å². The Morgan fingerprint density at radius 3 is 2.74 bits per heavy atom. The fraction of sp³-hybridized carbons (Fsp3) is 0.360. The van der Waals surface area contributed by atoms with Crippen LogP contribution in [0.15, 0.2) is 48.5 Å². The highest BCUT2D eigenvalue weighted by molar-refractivity contribution is 6.01. The third-order valence-corrected chi connectivity index (χ3v) is 6.22. The highest BCUT2D eigenvalue weighted by Gasteiger charge is 2.24. The molecule has 5 rings (SSSR count). The van der Waals surface area contributed by atoms with Gasteiger partial charge in [0.15, 0.2) is 0 Å². The molecule has 1 aromatic heterocycles. The van der Waals surface area contributed by atoms with E-state index in [4.69, 9.17) is 4.74 Å². The van der Waals surface area contributed by atoms with Crippen LogP contribution in [0, 0.1) is 5.92 Å². The van der Waals surface area contributed by atoms with Crippen LogP contribution in [0.1, 0.15) is 23.9 Å². The van der Waals surface area contributed by atoms with E-state index in [1.807, 2.05) is 37.3 Å². The second-order valence-electron chi connectivity index (χ2n) is 8.78. The molecule has 2 aliphatic rings. The minimum atomic E-state index is -0.320. The molecule has 1 fully saturated rings. The number of carbonyl (C=O) groups is 2. The van der Waals surface area contributed by atoms with Gasteiger partial charge in [-0.1, -0.05) is 43.3 Å². The Kier molecular flexibility index (Phi) is 6.27. The molecular formula is C25H28N6O3. The van der Waals surface area contributed by atoms with E-state index in [-0.39, 0.29) is 17.7 Å². The lowest BCUT2D eigenvalue weighted by molar-refractivity contribution is -0.119. The van der Waals surface area contributed by atoms with Crippen molar-refractivity contribution >= 4 is 29.1 Å². The van der Waals surface area contributed by atoms with Crippen LogP contribution in [0.5, 0.6) is 0 Å². The lowest BCUT2D eigenvalue weighted by Crippen LogP contribution is -2.38. The minimum absolute atomic E-state index is 0.0272. The summed E-state index contributed by atoms with van der Waals surface area (Å²) in [6, 6.07) is 15.7. The van der Waals surface area contributed by atoms with Crippen LogP contribution in [0.2, 0.25) is 0 Å². The van der Waals surface area contributed by atoms with Crippen molar-refractivity contribution in [1.29, 1.82) is 0 Å². The number of carbonyl (C=O) groups excluding carboxylic acids is 2. The highest BCUT2D eigenvalue weighted by atomic mass is 16.5. The fourth-order valence-electron chi connectivity index (χ4n) is 4.33. The van der Waals surface area contributed by atoms with Crippen molar-refractivity contribution in [3.63, 3.8) is 0 Å². The van der Waals surface area contributed by atoms with Crippen molar-refractivity contribution in [2.45, 2.75) is 26.3 Å². The summed E-state index contributed by atoms with van der Waals surface area (Å²) >= 11 is 0. The lowest BCUT2D eigenvalue weighted by Gasteiger charge is -2.28. The molecule has 9 nitrogen and oxygen atoms in total. The van der Waals surface area contributed by atoms with Crippen molar-refractivity contribution in [2.75, 3.05) is 41.8 Å². The Bertz CT molecular complexity index is 1190. The van der Waals surface area contributed by atoms with Gasteiger partial charge in [-0.25, -0.2) is 0 Å².